The van der Waals surface area contributed by atoms with Crippen molar-refractivity contribution in [3.05, 3.63) is 47.4 Å². The molecular weight excluding hydrogens is 447 g/mol. The van der Waals surface area contributed by atoms with Gasteiger partial charge in [0.05, 0.1) is 11.9 Å². The molecule has 0 radical (unpaired) electrons. The minimum atomic E-state index is -4.53. The van der Waals surface area contributed by atoms with Gasteiger partial charge in [0.25, 0.3) is 0 Å². The molecule has 34 heavy (non-hydrogen) atoms. The Kier molecular flexibility index (Phi) is 7.55. The van der Waals surface area contributed by atoms with Crippen LogP contribution in [0.4, 0.5) is 29.5 Å². The Hall–Kier alpha value is -2.88. The number of aromatic nitrogens is 2. The third-order valence-corrected chi connectivity index (χ3v) is 6.44. The summed E-state index contributed by atoms with van der Waals surface area (Å²) in [6.45, 7) is 4.14. The molecule has 1 unspecified atom stereocenters. The van der Waals surface area contributed by atoms with Gasteiger partial charge in [0.2, 0.25) is 0 Å². The molecule has 0 aliphatic carbocycles. The Labute approximate surface area is 197 Å². The fourth-order valence-electron chi connectivity index (χ4n) is 4.50. The first-order valence-electron chi connectivity index (χ1n) is 11.7. The van der Waals surface area contributed by atoms with Gasteiger partial charge in [0.1, 0.15) is 11.5 Å². The number of alkyl halides is 3. The van der Waals surface area contributed by atoms with E-state index < -0.39 is 17.9 Å². The number of nitrogens with zero attached hydrogens (tertiary/aromatic N) is 3. The number of piperidine rings is 1. The number of rotatable bonds is 5. The van der Waals surface area contributed by atoms with Crippen molar-refractivity contribution in [2.45, 2.75) is 63.7 Å². The summed E-state index contributed by atoms with van der Waals surface area (Å²) in [5.74, 6) is 0.643. The second-order valence-electron chi connectivity index (χ2n) is 8.88. The smallest absolute Gasteiger partial charge is 0.381 e. The second kappa shape index (κ2) is 10.6. The number of anilines is 2. The Morgan fingerprint density at radius 2 is 1.94 bits per heavy atom. The molecule has 2 aliphatic heterocycles. The van der Waals surface area contributed by atoms with Crippen LogP contribution in [0, 0.1) is 0 Å². The van der Waals surface area contributed by atoms with Gasteiger partial charge in [0.15, 0.2) is 0 Å². The van der Waals surface area contributed by atoms with Crippen LogP contribution in [0.2, 0.25) is 0 Å². The number of pyridine rings is 2. The third-order valence-electron chi connectivity index (χ3n) is 6.44. The Morgan fingerprint density at radius 3 is 2.62 bits per heavy atom. The number of ether oxygens (including phenoxy) is 1. The van der Waals surface area contributed by atoms with Crippen LogP contribution in [0.25, 0.3) is 0 Å². The van der Waals surface area contributed by atoms with E-state index in [-0.39, 0.29) is 18.4 Å². The van der Waals surface area contributed by atoms with Gasteiger partial charge in [-0.15, -0.1) is 0 Å². The van der Waals surface area contributed by atoms with Crippen LogP contribution in [0.1, 0.15) is 61.9 Å². The van der Waals surface area contributed by atoms with E-state index in [9.17, 15) is 18.0 Å². The number of carbonyl (C=O) groups excluding carboxylic acids is 1. The zero-order valence-corrected chi connectivity index (χ0v) is 19.2. The van der Waals surface area contributed by atoms with Crippen LogP contribution in [-0.2, 0) is 17.5 Å². The Bertz CT molecular complexity index is 978. The van der Waals surface area contributed by atoms with Crippen molar-refractivity contribution in [2.75, 3.05) is 30.0 Å². The average molecular weight is 478 g/mol. The first kappa shape index (κ1) is 24.3. The highest BCUT2D eigenvalue weighted by Gasteiger charge is 2.34. The van der Waals surface area contributed by atoms with E-state index in [0.29, 0.717) is 23.7 Å². The lowest BCUT2D eigenvalue weighted by Gasteiger charge is -2.36. The summed E-state index contributed by atoms with van der Waals surface area (Å²) in [7, 11) is 0. The third kappa shape index (κ3) is 5.97. The molecule has 2 aromatic rings. The molecule has 4 heterocycles. The van der Waals surface area contributed by atoms with Crippen molar-refractivity contribution >= 4 is 17.5 Å². The minimum Gasteiger partial charge on any atom is -0.381 e. The average Bonchev–Trinajstić information content (AvgIpc) is 2.83. The maximum absolute atomic E-state index is 13.3. The summed E-state index contributed by atoms with van der Waals surface area (Å²) in [6, 6.07) is 5.69. The van der Waals surface area contributed by atoms with Gasteiger partial charge in [-0.05, 0) is 57.2 Å². The van der Waals surface area contributed by atoms with Gasteiger partial charge in [-0.2, -0.15) is 13.2 Å². The molecule has 0 bridgehead atoms. The number of nitrogens with one attached hydrogen (secondary N) is 2. The lowest BCUT2D eigenvalue weighted by Crippen LogP contribution is -2.39. The summed E-state index contributed by atoms with van der Waals surface area (Å²) in [5, 5.41) is 5.47. The van der Waals surface area contributed by atoms with Crippen LogP contribution in [-0.4, -0.2) is 41.8 Å². The van der Waals surface area contributed by atoms with Crippen molar-refractivity contribution in [1.82, 2.24) is 15.3 Å². The number of hydrogen-bond acceptors (Lipinski definition) is 5. The van der Waals surface area contributed by atoms with E-state index in [1.165, 1.54) is 6.07 Å². The first-order chi connectivity index (χ1) is 16.3. The Balaban J connectivity index is 1.41. The molecule has 2 amide bonds. The molecule has 2 fully saturated rings. The van der Waals surface area contributed by atoms with Gasteiger partial charge < -0.3 is 20.3 Å². The highest BCUT2D eigenvalue weighted by atomic mass is 19.4. The molecule has 2 aliphatic rings. The molecule has 184 valence electrons. The van der Waals surface area contributed by atoms with Crippen LogP contribution >= 0.6 is 0 Å². The van der Waals surface area contributed by atoms with E-state index in [4.69, 9.17) is 4.74 Å². The second-order valence-corrected chi connectivity index (χ2v) is 8.88. The fraction of sp³-hybridized carbons (Fsp3) is 0.542. The quantitative estimate of drug-likeness (QED) is 0.627. The number of hydrogen-bond donors (Lipinski definition) is 2. The highest BCUT2D eigenvalue weighted by molar-refractivity contribution is 5.89. The fourth-order valence-corrected chi connectivity index (χ4v) is 4.50. The van der Waals surface area contributed by atoms with Crippen LogP contribution in [0.15, 0.2) is 30.5 Å². The van der Waals surface area contributed by atoms with Gasteiger partial charge in [-0.3, -0.25) is 4.98 Å². The van der Waals surface area contributed by atoms with Crippen LogP contribution in [0.5, 0.6) is 0 Å². The molecule has 1 atom stereocenters. The molecule has 0 spiro atoms. The van der Waals surface area contributed by atoms with Gasteiger partial charge in [-0.25, -0.2) is 9.78 Å². The monoisotopic (exact) mass is 477 g/mol. The zero-order valence-electron chi connectivity index (χ0n) is 19.2. The van der Waals surface area contributed by atoms with Gasteiger partial charge in [-0.1, -0.05) is 6.07 Å². The van der Waals surface area contributed by atoms with Crippen molar-refractivity contribution in [3.63, 3.8) is 0 Å². The molecule has 10 heteroatoms. The molecule has 2 N–H and O–H groups in total. The van der Waals surface area contributed by atoms with Crippen LogP contribution in [0.3, 0.4) is 0 Å². The minimum absolute atomic E-state index is 0.0586. The number of carbonyl (C=O) groups is 1. The van der Waals surface area contributed by atoms with Crippen molar-refractivity contribution in [1.29, 1.82) is 0 Å². The SMILES string of the molecule is CC1CCCCN1c1nc(C(F)(F)F)ccc1CNC(=O)Nc1ccc(C2CCOCC2)nc1. The first-order valence-corrected chi connectivity index (χ1v) is 11.7. The van der Waals surface area contributed by atoms with Gasteiger partial charge in [0, 0.05) is 49.5 Å². The maximum Gasteiger partial charge on any atom is 0.433 e. The summed E-state index contributed by atoms with van der Waals surface area (Å²) in [4.78, 5) is 22.8. The predicted molar refractivity (Wildman–Crippen MR) is 123 cm³/mol. The molecular formula is C24H30F3N5O2. The van der Waals surface area contributed by atoms with Crippen molar-refractivity contribution in [3.8, 4) is 0 Å². The topological polar surface area (TPSA) is 79.4 Å². The van der Waals surface area contributed by atoms with Crippen LogP contribution < -0.4 is 15.5 Å². The molecule has 7 nitrogen and oxygen atoms in total. The summed E-state index contributed by atoms with van der Waals surface area (Å²) >= 11 is 0. The molecule has 0 aromatic carbocycles. The summed E-state index contributed by atoms with van der Waals surface area (Å²) in [6.07, 6.45) is 1.77. The standard InChI is InChI=1S/C24H30F3N5O2/c1-16-4-2-3-11-32(16)22-18(5-8-21(31-22)24(25,26)27)14-29-23(33)30-19-6-7-20(28-15-19)17-9-12-34-13-10-17/h5-8,15-17H,2-4,9-14H2,1H3,(H2,29,30,33). The normalized spacial score (nSPS) is 19.6. The Morgan fingerprint density at radius 1 is 1.15 bits per heavy atom. The lowest BCUT2D eigenvalue weighted by atomic mass is 9.96. The van der Waals surface area contributed by atoms with Crippen molar-refractivity contribution < 1.29 is 22.7 Å². The van der Waals surface area contributed by atoms with E-state index >= 15 is 0 Å². The molecule has 4 rings (SSSR count). The van der Waals surface area contributed by atoms with E-state index in [0.717, 1.165) is 57.1 Å². The summed E-state index contributed by atoms with van der Waals surface area (Å²) in [5.41, 5.74) is 1.14. The predicted octanol–water partition coefficient (Wildman–Crippen LogP) is 5.09. The summed E-state index contributed by atoms with van der Waals surface area (Å²) < 4.78 is 45.3. The zero-order chi connectivity index (χ0) is 24.1. The number of halogens is 3. The number of amides is 2. The van der Waals surface area contributed by atoms with Gasteiger partial charge >= 0.3 is 12.2 Å². The van der Waals surface area contributed by atoms with E-state index in [1.54, 1.807) is 12.3 Å². The van der Waals surface area contributed by atoms with Crippen molar-refractivity contribution in [2.24, 2.45) is 0 Å². The highest BCUT2D eigenvalue weighted by Crippen LogP contribution is 2.33. The molecule has 0 saturated carbocycles. The maximum atomic E-state index is 13.3. The molecule has 2 aromatic heterocycles. The van der Waals surface area contributed by atoms with E-state index in [2.05, 4.69) is 20.6 Å². The lowest BCUT2D eigenvalue weighted by molar-refractivity contribution is -0.141. The molecule has 2 saturated heterocycles. The largest absolute Gasteiger partial charge is 0.433 e. The number of urea groups is 1. The van der Waals surface area contributed by atoms with E-state index in [1.807, 2.05) is 17.9 Å².